The SMILES string of the molecule is COc1ccc(CSC2=NC(C)=C(C(=O)O)C(c3ccc([N+](=O)[O-])cc3)N2C(=O)O)cc1. The highest BCUT2D eigenvalue weighted by atomic mass is 32.2. The van der Waals surface area contributed by atoms with Crippen LogP contribution in [0.15, 0.2) is 64.8 Å². The molecule has 1 heterocycles. The number of amides is 1. The molecule has 10 nitrogen and oxygen atoms in total. The molecule has 166 valence electrons. The number of aliphatic imine (C=N–C) groups is 1. The number of amidine groups is 1. The summed E-state index contributed by atoms with van der Waals surface area (Å²) in [5.41, 5.74) is 0.936. The monoisotopic (exact) mass is 457 g/mol. The van der Waals surface area contributed by atoms with Gasteiger partial charge in [0.1, 0.15) is 11.8 Å². The Hall–Kier alpha value is -3.86. The number of non-ortho nitro benzene ring substituents is 1. The maximum Gasteiger partial charge on any atom is 0.414 e. The standard InChI is InChI=1S/C21H19N3O7S/c1-12-17(19(25)26)18(14-5-7-15(8-6-14)24(29)30)23(21(27)28)20(22-12)32-11-13-3-9-16(31-2)10-4-13/h3-10,18H,11H2,1-2H3,(H,25,26)(H,27,28). The van der Waals surface area contributed by atoms with Gasteiger partial charge < -0.3 is 14.9 Å². The highest BCUT2D eigenvalue weighted by Gasteiger charge is 2.39. The normalized spacial score (nSPS) is 15.9. The first-order chi connectivity index (χ1) is 15.2. The number of nitro groups is 1. The second-order valence-electron chi connectivity index (χ2n) is 6.74. The van der Waals surface area contributed by atoms with Crippen LogP contribution in [0.5, 0.6) is 5.75 Å². The zero-order valence-electron chi connectivity index (χ0n) is 17.1. The number of methoxy groups -OCH3 is 1. The summed E-state index contributed by atoms with van der Waals surface area (Å²) in [5, 5.41) is 30.8. The van der Waals surface area contributed by atoms with E-state index in [2.05, 4.69) is 4.99 Å². The first-order valence-electron chi connectivity index (χ1n) is 9.28. The fraction of sp³-hybridized carbons (Fsp3) is 0.190. The molecule has 0 bridgehead atoms. The van der Waals surface area contributed by atoms with Crippen LogP contribution in [0.1, 0.15) is 24.1 Å². The van der Waals surface area contributed by atoms with Crippen molar-refractivity contribution in [1.82, 2.24) is 4.90 Å². The Balaban J connectivity index is 1.99. The van der Waals surface area contributed by atoms with Gasteiger partial charge in [0.2, 0.25) is 0 Å². The van der Waals surface area contributed by atoms with E-state index in [0.29, 0.717) is 11.5 Å². The van der Waals surface area contributed by atoms with E-state index in [-0.39, 0.29) is 27.7 Å². The molecule has 1 unspecified atom stereocenters. The minimum atomic E-state index is -1.39. The molecule has 0 radical (unpaired) electrons. The number of carbonyl (C=O) groups is 2. The van der Waals surface area contributed by atoms with Gasteiger partial charge in [0.15, 0.2) is 5.17 Å². The lowest BCUT2D eigenvalue weighted by Gasteiger charge is -2.34. The fourth-order valence-electron chi connectivity index (χ4n) is 3.22. The predicted octanol–water partition coefficient (Wildman–Crippen LogP) is 4.29. The van der Waals surface area contributed by atoms with Crippen LogP contribution < -0.4 is 4.74 Å². The van der Waals surface area contributed by atoms with E-state index in [1.54, 1.807) is 19.2 Å². The highest BCUT2D eigenvalue weighted by Crippen LogP contribution is 2.38. The van der Waals surface area contributed by atoms with E-state index in [9.17, 15) is 29.9 Å². The van der Waals surface area contributed by atoms with Crippen LogP contribution in [-0.4, -0.2) is 44.4 Å². The van der Waals surface area contributed by atoms with Crippen LogP contribution >= 0.6 is 11.8 Å². The van der Waals surface area contributed by atoms with Crippen LogP contribution in [0, 0.1) is 10.1 Å². The average Bonchev–Trinajstić information content (AvgIpc) is 2.77. The molecule has 11 heteroatoms. The molecule has 0 saturated carbocycles. The molecule has 2 aromatic carbocycles. The molecule has 0 saturated heterocycles. The van der Waals surface area contributed by atoms with Gasteiger partial charge >= 0.3 is 12.1 Å². The molecule has 0 spiro atoms. The molecule has 32 heavy (non-hydrogen) atoms. The first-order valence-corrected chi connectivity index (χ1v) is 10.3. The number of allylic oxidation sites excluding steroid dienone is 1. The minimum Gasteiger partial charge on any atom is -0.497 e. The summed E-state index contributed by atoms with van der Waals surface area (Å²) in [5.74, 6) is -0.251. The lowest BCUT2D eigenvalue weighted by Crippen LogP contribution is -2.42. The average molecular weight is 457 g/mol. The molecule has 0 fully saturated rings. The van der Waals surface area contributed by atoms with Gasteiger partial charge in [0.25, 0.3) is 5.69 Å². The quantitative estimate of drug-likeness (QED) is 0.483. The highest BCUT2D eigenvalue weighted by molar-refractivity contribution is 8.13. The lowest BCUT2D eigenvalue weighted by atomic mass is 9.95. The van der Waals surface area contributed by atoms with Gasteiger partial charge in [-0.3, -0.25) is 10.1 Å². The van der Waals surface area contributed by atoms with Crippen molar-refractivity contribution in [3.8, 4) is 5.75 Å². The molecule has 0 aromatic heterocycles. The fourth-order valence-corrected chi connectivity index (χ4v) is 4.24. The Morgan fingerprint density at radius 3 is 2.28 bits per heavy atom. The molecule has 1 aliphatic heterocycles. The third-order valence-corrected chi connectivity index (χ3v) is 5.80. The van der Waals surface area contributed by atoms with Crippen LogP contribution in [0.2, 0.25) is 0 Å². The largest absolute Gasteiger partial charge is 0.497 e. The second kappa shape index (κ2) is 9.52. The van der Waals surface area contributed by atoms with E-state index in [1.807, 2.05) is 12.1 Å². The number of ether oxygens (including phenoxy) is 1. The van der Waals surface area contributed by atoms with Gasteiger partial charge in [0, 0.05) is 17.9 Å². The van der Waals surface area contributed by atoms with Crippen LogP contribution in [0.3, 0.4) is 0 Å². The van der Waals surface area contributed by atoms with Gasteiger partial charge in [-0.15, -0.1) is 0 Å². The molecule has 3 rings (SSSR count). The van der Waals surface area contributed by atoms with Gasteiger partial charge in [-0.25, -0.2) is 19.5 Å². The van der Waals surface area contributed by atoms with E-state index in [4.69, 9.17) is 4.74 Å². The number of aliphatic carboxylic acids is 1. The van der Waals surface area contributed by atoms with Crippen molar-refractivity contribution in [2.45, 2.75) is 18.7 Å². The summed E-state index contributed by atoms with van der Waals surface area (Å²) in [6.07, 6.45) is -1.39. The van der Waals surface area contributed by atoms with E-state index >= 15 is 0 Å². The summed E-state index contributed by atoms with van der Waals surface area (Å²) in [4.78, 5) is 39.7. The number of hydrogen-bond donors (Lipinski definition) is 2. The van der Waals surface area contributed by atoms with Crippen LogP contribution in [0.25, 0.3) is 0 Å². The van der Waals surface area contributed by atoms with Crippen molar-refractivity contribution in [3.05, 3.63) is 81.0 Å². The maximum absolute atomic E-state index is 12.2. The zero-order chi connectivity index (χ0) is 23.4. The Morgan fingerprint density at radius 2 is 1.78 bits per heavy atom. The molecule has 0 aliphatic carbocycles. The Bertz CT molecular complexity index is 1110. The molecule has 2 N–H and O–H groups in total. The number of carboxylic acids is 1. The number of thioether (sulfide) groups is 1. The molecule has 1 amide bonds. The van der Waals surface area contributed by atoms with Crippen LogP contribution in [-0.2, 0) is 10.5 Å². The molecule has 2 aromatic rings. The summed E-state index contributed by atoms with van der Waals surface area (Å²) in [6, 6.07) is 11.1. The van der Waals surface area contributed by atoms with Crippen LogP contribution in [0.4, 0.5) is 10.5 Å². The van der Waals surface area contributed by atoms with Crippen molar-refractivity contribution in [3.63, 3.8) is 0 Å². The minimum absolute atomic E-state index is 0.110. The number of rotatable bonds is 6. The predicted molar refractivity (Wildman–Crippen MR) is 118 cm³/mol. The Labute approximate surface area is 187 Å². The summed E-state index contributed by atoms with van der Waals surface area (Å²) in [6.45, 7) is 1.50. The topological polar surface area (TPSA) is 143 Å². The second-order valence-corrected chi connectivity index (χ2v) is 7.68. The van der Waals surface area contributed by atoms with E-state index in [0.717, 1.165) is 22.2 Å². The molecular formula is C21H19N3O7S. The lowest BCUT2D eigenvalue weighted by molar-refractivity contribution is -0.384. The molecule has 1 aliphatic rings. The number of nitro benzene ring substituents is 1. The maximum atomic E-state index is 12.2. The van der Waals surface area contributed by atoms with Crippen molar-refractivity contribution in [2.75, 3.05) is 7.11 Å². The smallest absolute Gasteiger partial charge is 0.414 e. The van der Waals surface area contributed by atoms with E-state index in [1.165, 1.54) is 31.2 Å². The number of nitrogens with zero attached hydrogens (tertiary/aromatic N) is 3. The summed E-state index contributed by atoms with van der Waals surface area (Å²) in [7, 11) is 1.55. The Kier molecular flexibility index (Phi) is 6.79. The summed E-state index contributed by atoms with van der Waals surface area (Å²) >= 11 is 1.14. The van der Waals surface area contributed by atoms with Crippen molar-refractivity contribution in [1.29, 1.82) is 0 Å². The third kappa shape index (κ3) is 4.72. The zero-order valence-corrected chi connectivity index (χ0v) is 17.9. The van der Waals surface area contributed by atoms with Gasteiger partial charge in [-0.2, -0.15) is 0 Å². The first kappa shape index (κ1) is 22.8. The Morgan fingerprint density at radius 1 is 1.16 bits per heavy atom. The van der Waals surface area contributed by atoms with Gasteiger partial charge in [0.05, 0.1) is 23.3 Å². The van der Waals surface area contributed by atoms with Crippen molar-refractivity contribution in [2.24, 2.45) is 4.99 Å². The van der Waals surface area contributed by atoms with Crippen molar-refractivity contribution < 1.29 is 29.5 Å². The molecular weight excluding hydrogens is 438 g/mol. The van der Waals surface area contributed by atoms with Gasteiger partial charge in [-0.05, 0) is 42.3 Å². The third-order valence-electron chi connectivity index (χ3n) is 4.77. The number of benzene rings is 2. The van der Waals surface area contributed by atoms with Gasteiger partial charge in [-0.1, -0.05) is 23.9 Å². The van der Waals surface area contributed by atoms with E-state index < -0.39 is 23.0 Å². The molecule has 1 atom stereocenters. The number of hydrogen-bond acceptors (Lipinski definition) is 7. The summed E-state index contributed by atoms with van der Waals surface area (Å²) < 4.78 is 5.13. The number of carboxylic acid groups (broad SMARTS) is 2. The van der Waals surface area contributed by atoms with Crippen molar-refractivity contribution >= 4 is 34.7 Å².